The minimum atomic E-state index is 0.00567. The molecule has 0 saturated carbocycles. The van der Waals surface area contributed by atoms with E-state index in [1.54, 1.807) is 27.8 Å². The zero-order valence-corrected chi connectivity index (χ0v) is 18.1. The number of thioether (sulfide) groups is 2. The van der Waals surface area contributed by atoms with Crippen LogP contribution < -0.4 is 4.74 Å². The molecule has 1 heterocycles. The standard InChI is InChI=1S/C21H24N2O3S2/c1-5-26-20-17(24)11-10-14(12-15-13-23(22(2)3)21(25)28-15)19(20)16-8-6-7-9-18(16)27-4/h6-12,24H,5,13H2,1-4H3. The van der Waals surface area contributed by atoms with Crippen molar-refractivity contribution in [3.05, 3.63) is 46.9 Å². The molecular formula is C21H24N2O3S2. The molecule has 1 aliphatic rings. The van der Waals surface area contributed by atoms with E-state index in [1.807, 2.05) is 57.6 Å². The summed E-state index contributed by atoms with van der Waals surface area (Å²) < 4.78 is 5.83. The molecule has 1 saturated heterocycles. The number of benzene rings is 2. The minimum absolute atomic E-state index is 0.00567. The van der Waals surface area contributed by atoms with Crippen LogP contribution in [0.1, 0.15) is 12.5 Å². The number of aromatic hydroxyl groups is 1. The smallest absolute Gasteiger partial charge is 0.300 e. The maximum atomic E-state index is 12.2. The van der Waals surface area contributed by atoms with Crippen molar-refractivity contribution in [2.75, 3.05) is 33.5 Å². The van der Waals surface area contributed by atoms with E-state index in [9.17, 15) is 9.90 Å². The van der Waals surface area contributed by atoms with Gasteiger partial charge in [-0.1, -0.05) is 24.3 Å². The van der Waals surface area contributed by atoms with Crippen molar-refractivity contribution in [1.29, 1.82) is 0 Å². The van der Waals surface area contributed by atoms with Crippen LogP contribution in [0.3, 0.4) is 0 Å². The van der Waals surface area contributed by atoms with Gasteiger partial charge in [0.05, 0.1) is 13.2 Å². The first-order valence-corrected chi connectivity index (χ1v) is 11.0. The van der Waals surface area contributed by atoms with Gasteiger partial charge in [0.15, 0.2) is 11.5 Å². The third-order valence-electron chi connectivity index (χ3n) is 4.37. The normalized spacial score (nSPS) is 15.7. The van der Waals surface area contributed by atoms with Crippen molar-refractivity contribution in [2.45, 2.75) is 11.8 Å². The SMILES string of the molecule is CCOc1c(O)ccc(C=C2CN(N(C)C)C(=O)S2)c1-c1ccccc1SC. The maximum absolute atomic E-state index is 12.2. The molecule has 148 valence electrons. The van der Waals surface area contributed by atoms with Crippen LogP contribution in [0.4, 0.5) is 4.79 Å². The summed E-state index contributed by atoms with van der Waals surface area (Å²) >= 11 is 2.88. The van der Waals surface area contributed by atoms with Gasteiger partial charge in [-0.2, -0.15) is 0 Å². The number of carbonyl (C=O) groups is 1. The highest BCUT2D eigenvalue weighted by Gasteiger charge is 2.28. The van der Waals surface area contributed by atoms with Gasteiger partial charge in [0.25, 0.3) is 0 Å². The molecule has 0 radical (unpaired) electrons. The zero-order valence-electron chi connectivity index (χ0n) is 16.4. The molecule has 7 heteroatoms. The first-order chi connectivity index (χ1) is 13.5. The summed E-state index contributed by atoms with van der Waals surface area (Å²) in [6, 6.07) is 11.6. The van der Waals surface area contributed by atoms with Gasteiger partial charge in [-0.05, 0) is 54.3 Å². The third-order valence-corrected chi connectivity index (χ3v) is 6.06. The largest absolute Gasteiger partial charge is 0.504 e. The Morgan fingerprint density at radius 2 is 2.04 bits per heavy atom. The quantitative estimate of drug-likeness (QED) is 0.656. The number of hydrogen-bond donors (Lipinski definition) is 1. The van der Waals surface area contributed by atoms with Crippen LogP contribution in [0.25, 0.3) is 17.2 Å². The Kier molecular flexibility index (Phi) is 6.59. The number of hydrogen-bond acceptors (Lipinski definition) is 6. The van der Waals surface area contributed by atoms with Crippen LogP contribution in [0.15, 0.2) is 46.2 Å². The summed E-state index contributed by atoms with van der Waals surface area (Å²) in [4.78, 5) is 14.3. The Labute approximate surface area is 174 Å². The first kappa shape index (κ1) is 20.6. The van der Waals surface area contributed by atoms with Gasteiger partial charge in [0.1, 0.15) is 0 Å². The first-order valence-electron chi connectivity index (χ1n) is 8.95. The summed E-state index contributed by atoms with van der Waals surface area (Å²) in [5, 5.41) is 14.0. The van der Waals surface area contributed by atoms with Gasteiger partial charge in [-0.15, -0.1) is 11.8 Å². The average Bonchev–Trinajstić information content (AvgIpc) is 3.05. The fourth-order valence-corrected chi connectivity index (χ4v) is 4.62. The number of phenols is 1. The summed E-state index contributed by atoms with van der Waals surface area (Å²) in [6.07, 6.45) is 4.04. The van der Waals surface area contributed by atoms with E-state index in [1.165, 1.54) is 11.8 Å². The molecule has 1 amide bonds. The van der Waals surface area contributed by atoms with Crippen molar-refractivity contribution >= 4 is 34.8 Å². The number of phenolic OH excluding ortho intramolecular Hbond substituents is 1. The molecule has 1 fully saturated rings. The summed E-state index contributed by atoms with van der Waals surface area (Å²) in [5.41, 5.74) is 2.76. The van der Waals surface area contributed by atoms with E-state index in [-0.39, 0.29) is 11.0 Å². The second-order valence-corrected chi connectivity index (χ2v) is 8.32. The third kappa shape index (κ3) is 4.16. The molecule has 2 aromatic carbocycles. The van der Waals surface area contributed by atoms with E-state index >= 15 is 0 Å². The number of nitrogens with zero attached hydrogens (tertiary/aromatic N) is 2. The number of amides is 1. The van der Waals surface area contributed by atoms with Gasteiger partial charge in [0, 0.05) is 29.5 Å². The van der Waals surface area contributed by atoms with Gasteiger partial charge < -0.3 is 9.84 Å². The Hall–Kier alpha value is -2.09. The van der Waals surface area contributed by atoms with Crippen LogP contribution >= 0.6 is 23.5 Å². The fraction of sp³-hybridized carbons (Fsp3) is 0.286. The van der Waals surface area contributed by atoms with Gasteiger partial charge in [-0.3, -0.25) is 9.80 Å². The molecule has 0 atom stereocenters. The Morgan fingerprint density at radius 1 is 1.29 bits per heavy atom. The van der Waals surface area contributed by atoms with Crippen molar-refractivity contribution < 1.29 is 14.6 Å². The van der Waals surface area contributed by atoms with Crippen molar-refractivity contribution in [3.8, 4) is 22.6 Å². The van der Waals surface area contributed by atoms with E-state index in [4.69, 9.17) is 4.74 Å². The lowest BCUT2D eigenvalue weighted by atomic mass is 9.97. The van der Waals surface area contributed by atoms with Crippen LogP contribution in [0.5, 0.6) is 11.5 Å². The van der Waals surface area contributed by atoms with E-state index in [0.717, 1.165) is 26.5 Å². The number of hydrazine groups is 1. The molecule has 0 bridgehead atoms. The van der Waals surface area contributed by atoms with E-state index in [2.05, 4.69) is 6.07 Å². The summed E-state index contributed by atoms with van der Waals surface area (Å²) in [7, 11) is 3.71. The van der Waals surface area contributed by atoms with Crippen LogP contribution in [-0.4, -0.2) is 53.9 Å². The van der Waals surface area contributed by atoms with Gasteiger partial charge in [0.2, 0.25) is 0 Å². The van der Waals surface area contributed by atoms with E-state index in [0.29, 0.717) is 18.9 Å². The molecular weight excluding hydrogens is 392 g/mol. The molecule has 0 spiro atoms. The minimum Gasteiger partial charge on any atom is -0.504 e. The predicted molar refractivity (Wildman–Crippen MR) is 118 cm³/mol. The average molecular weight is 417 g/mol. The van der Waals surface area contributed by atoms with Crippen LogP contribution in [0.2, 0.25) is 0 Å². The molecule has 1 aliphatic heterocycles. The monoisotopic (exact) mass is 416 g/mol. The number of rotatable bonds is 6. The summed E-state index contributed by atoms with van der Waals surface area (Å²) in [5.74, 6) is 0.581. The molecule has 0 aromatic heterocycles. The maximum Gasteiger partial charge on any atom is 0.300 e. The number of carbonyl (C=O) groups excluding carboxylic acids is 1. The topological polar surface area (TPSA) is 53.0 Å². The Morgan fingerprint density at radius 3 is 2.68 bits per heavy atom. The fourth-order valence-electron chi connectivity index (χ4n) is 3.09. The highest BCUT2D eigenvalue weighted by atomic mass is 32.2. The lowest BCUT2D eigenvalue weighted by molar-refractivity contribution is 0.0943. The number of ether oxygens (including phenoxy) is 1. The predicted octanol–water partition coefficient (Wildman–Crippen LogP) is 5.17. The zero-order chi connectivity index (χ0) is 20.3. The summed E-state index contributed by atoms with van der Waals surface area (Å²) in [6.45, 7) is 2.88. The van der Waals surface area contributed by atoms with Gasteiger partial charge in [-0.25, -0.2) is 5.01 Å². The molecule has 0 unspecified atom stereocenters. The molecule has 5 nitrogen and oxygen atoms in total. The van der Waals surface area contributed by atoms with Crippen molar-refractivity contribution in [3.63, 3.8) is 0 Å². The highest BCUT2D eigenvalue weighted by molar-refractivity contribution is 8.17. The van der Waals surface area contributed by atoms with Crippen molar-refractivity contribution in [2.24, 2.45) is 0 Å². The lowest BCUT2D eigenvalue weighted by Gasteiger charge is -2.21. The van der Waals surface area contributed by atoms with Crippen LogP contribution in [-0.2, 0) is 0 Å². The van der Waals surface area contributed by atoms with Gasteiger partial charge >= 0.3 is 5.24 Å². The molecule has 2 aromatic rings. The van der Waals surface area contributed by atoms with E-state index < -0.39 is 0 Å². The second kappa shape index (κ2) is 8.94. The lowest BCUT2D eigenvalue weighted by Crippen LogP contribution is -2.36. The second-order valence-electron chi connectivity index (χ2n) is 6.39. The highest BCUT2D eigenvalue weighted by Crippen LogP contribution is 2.45. The molecule has 0 aliphatic carbocycles. The molecule has 3 rings (SSSR count). The Balaban J connectivity index is 2.16. The van der Waals surface area contributed by atoms with Crippen LogP contribution in [0, 0.1) is 0 Å². The molecule has 1 N–H and O–H groups in total. The Bertz CT molecular complexity index is 913. The van der Waals surface area contributed by atoms with Crippen molar-refractivity contribution in [1.82, 2.24) is 10.0 Å². The molecule has 28 heavy (non-hydrogen) atoms.